The molecule has 0 fully saturated rings. The number of nitrogens with zero attached hydrogens (tertiary/aromatic N) is 1. The minimum atomic E-state index is 0.0785. The molecule has 0 aromatic carbocycles. The number of H-pyrrole nitrogens is 1. The molecule has 0 aliphatic heterocycles. The number of aromatic amines is 1. The highest BCUT2D eigenvalue weighted by atomic mass is 32.1. The summed E-state index contributed by atoms with van der Waals surface area (Å²) < 4.78 is 5.10. The largest absolute Gasteiger partial charge is 0.383 e. The van der Waals surface area contributed by atoms with E-state index in [1.165, 1.54) is 0 Å². The van der Waals surface area contributed by atoms with Crippen LogP contribution >= 0.6 is 11.3 Å². The van der Waals surface area contributed by atoms with E-state index in [-0.39, 0.29) is 11.8 Å². The fraction of sp³-hybridized carbons (Fsp3) is 0.467. The van der Waals surface area contributed by atoms with Gasteiger partial charge >= 0.3 is 0 Å². The molecule has 2 heterocycles. The van der Waals surface area contributed by atoms with Crippen molar-refractivity contribution in [2.75, 3.05) is 19.0 Å². The second-order valence-electron chi connectivity index (χ2n) is 5.22. The number of carbonyl (C=O) groups excluding carboxylic acids is 1. The number of hydrogen-bond donors (Lipinski definition) is 2. The number of rotatable bonds is 6. The zero-order valence-electron chi connectivity index (χ0n) is 13.0. The lowest BCUT2D eigenvalue weighted by molar-refractivity contribution is 0.101. The monoisotopic (exact) mass is 307 g/mol. The van der Waals surface area contributed by atoms with Crippen LogP contribution in [-0.2, 0) is 4.74 Å². The van der Waals surface area contributed by atoms with Crippen molar-refractivity contribution in [2.24, 2.45) is 0 Å². The van der Waals surface area contributed by atoms with Crippen molar-refractivity contribution >= 4 is 22.3 Å². The van der Waals surface area contributed by atoms with E-state index in [9.17, 15) is 4.79 Å². The summed E-state index contributed by atoms with van der Waals surface area (Å²) in [5.74, 6) is 0.0785. The van der Waals surface area contributed by atoms with Crippen molar-refractivity contribution in [1.29, 1.82) is 0 Å². The second kappa shape index (κ2) is 6.41. The quantitative estimate of drug-likeness (QED) is 0.803. The Hall–Kier alpha value is -1.66. The lowest BCUT2D eigenvalue weighted by Crippen LogP contribution is -2.20. The number of nitrogens with one attached hydrogen (secondary N) is 2. The molecular formula is C15H21N3O2S. The van der Waals surface area contributed by atoms with Crippen LogP contribution in [0.4, 0.5) is 5.13 Å². The van der Waals surface area contributed by atoms with Crippen LogP contribution in [-0.4, -0.2) is 35.5 Å². The number of hydrogen-bond acceptors (Lipinski definition) is 5. The lowest BCUT2D eigenvalue weighted by Gasteiger charge is -2.10. The van der Waals surface area contributed by atoms with Crippen molar-refractivity contribution < 1.29 is 9.53 Å². The highest BCUT2D eigenvalue weighted by Crippen LogP contribution is 2.30. The van der Waals surface area contributed by atoms with Gasteiger partial charge in [-0.25, -0.2) is 4.98 Å². The molecule has 0 amide bonds. The second-order valence-corrected chi connectivity index (χ2v) is 6.08. The van der Waals surface area contributed by atoms with Gasteiger partial charge in [0, 0.05) is 29.8 Å². The number of thiazole rings is 1. The minimum absolute atomic E-state index is 0.0785. The van der Waals surface area contributed by atoms with Gasteiger partial charge in [0.25, 0.3) is 0 Å². The first-order valence-corrected chi connectivity index (χ1v) is 7.73. The van der Waals surface area contributed by atoms with E-state index in [1.54, 1.807) is 25.4 Å². The summed E-state index contributed by atoms with van der Waals surface area (Å²) in [6.45, 7) is 8.13. The molecule has 2 aromatic heterocycles. The molecule has 21 heavy (non-hydrogen) atoms. The van der Waals surface area contributed by atoms with Crippen molar-refractivity contribution in [3.05, 3.63) is 22.2 Å². The normalized spacial score (nSPS) is 12.4. The zero-order valence-corrected chi connectivity index (χ0v) is 13.9. The average molecular weight is 307 g/mol. The zero-order chi connectivity index (χ0) is 15.6. The van der Waals surface area contributed by atoms with Crippen LogP contribution in [0.25, 0.3) is 11.4 Å². The first kappa shape index (κ1) is 15.7. The smallest absolute Gasteiger partial charge is 0.183 e. The standard InChI is InChI=1S/C15H21N3O2S/c1-8(6-20-5)16-15-18-12(7-21-15)14-9(2)13(11(4)19)10(3)17-14/h7-8,17H,6H2,1-5H3,(H,16,18)/t8-/m0/s1. The third-order valence-corrected chi connectivity index (χ3v) is 4.11. The van der Waals surface area contributed by atoms with Crippen molar-refractivity contribution in [1.82, 2.24) is 9.97 Å². The summed E-state index contributed by atoms with van der Waals surface area (Å²) in [6.07, 6.45) is 0. The van der Waals surface area contributed by atoms with Gasteiger partial charge in [-0.1, -0.05) is 0 Å². The van der Waals surface area contributed by atoms with Gasteiger partial charge in [-0.15, -0.1) is 11.3 Å². The van der Waals surface area contributed by atoms with Crippen LogP contribution < -0.4 is 5.32 Å². The number of Topliss-reactive ketones (excluding diaryl/α,β-unsaturated/α-hetero) is 1. The lowest BCUT2D eigenvalue weighted by atomic mass is 10.1. The summed E-state index contributed by atoms with van der Waals surface area (Å²) in [7, 11) is 1.68. The molecule has 0 saturated heterocycles. The number of aromatic nitrogens is 2. The Morgan fingerprint density at radius 3 is 2.81 bits per heavy atom. The Morgan fingerprint density at radius 1 is 1.52 bits per heavy atom. The van der Waals surface area contributed by atoms with Gasteiger partial charge in [0.15, 0.2) is 10.9 Å². The Morgan fingerprint density at radius 2 is 2.24 bits per heavy atom. The van der Waals surface area contributed by atoms with Gasteiger partial charge in [-0.3, -0.25) is 4.79 Å². The van der Waals surface area contributed by atoms with Crippen LogP contribution in [0.5, 0.6) is 0 Å². The molecular weight excluding hydrogens is 286 g/mol. The topological polar surface area (TPSA) is 67.0 Å². The number of ether oxygens (including phenoxy) is 1. The molecule has 0 saturated carbocycles. The highest BCUT2D eigenvalue weighted by molar-refractivity contribution is 7.14. The molecule has 0 spiro atoms. The summed E-state index contributed by atoms with van der Waals surface area (Å²) >= 11 is 1.55. The van der Waals surface area contributed by atoms with Gasteiger partial charge in [0.2, 0.25) is 0 Å². The Bertz CT molecular complexity index is 645. The average Bonchev–Trinajstić information content (AvgIpc) is 2.94. The fourth-order valence-corrected chi connectivity index (χ4v) is 3.31. The molecule has 0 unspecified atom stereocenters. The molecule has 2 aromatic rings. The summed E-state index contributed by atoms with van der Waals surface area (Å²) in [5.41, 5.74) is 4.40. The maximum Gasteiger partial charge on any atom is 0.183 e. The summed E-state index contributed by atoms with van der Waals surface area (Å²) in [5, 5.41) is 6.14. The van der Waals surface area contributed by atoms with Crippen molar-refractivity contribution in [3.8, 4) is 11.4 Å². The van der Waals surface area contributed by atoms with Crippen molar-refractivity contribution in [3.63, 3.8) is 0 Å². The van der Waals surface area contributed by atoms with Gasteiger partial charge in [-0.2, -0.15) is 0 Å². The van der Waals surface area contributed by atoms with Gasteiger partial charge in [0.05, 0.1) is 12.3 Å². The van der Waals surface area contributed by atoms with E-state index in [4.69, 9.17) is 4.74 Å². The molecule has 0 radical (unpaired) electrons. The van der Waals surface area contributed by atoms with Gasteiger partial charge < -0.3 is 15.0 Å². The number of methoxy groups -OCH3 is 1. The number of ketones is 1. The third-order valence-electron chi connectivity index (χ3n) is 3.34. The van der Waals surface area contributed by atoms with E-state index in [2.05, 4.69) is 15.3 Å². The highest BCUT2D eigenvalue weighted by Gasteiger charge is 2.18. The Kier molecular flexibility index (Phi) is 4.80. The Balaban J connectivity index is 2.26. The molecule has 0 bridgehead atoms. The number of aryl methyl sites for hydroxylation is 1. The summed E-state index contributed by atoms with van der Waals surface area (Å²) in [6, 6.07) is 0.202. The number of anilines is 1. The molecule has 5 nitrogen and oxygen atoms in total. The minimum Gasteiger partial charge on any atom is -0.383 e. The van der Waals surface area contributed by atoms with E-state index in [0.29, 0.717) is 6.61 Å². The van der Waals surface area contributed by atoms with Gasteiger partial charge in [0.1, 0.15) is 5.69 Å². The van der Waals surface area contributed by atoms with Crippen LogP contribution in [0.1, 0.15) is 35.5 Å². The fourth-order valence-electron chi connectivity index (χ4n) is 2.49. The molecule has 0 aliphatic carbocycles. The van der Waals surface area contributed by atoms with Crippen LogP contribution in [0, 0.1) is 13.8 Å². The predicted octanol–water partition coefficient (Wildman–Crippen LogP) is 3.40. The number of carbonyl (C=O) groups is 1. The van der Waals surface area contributed by atoms with Crippen LogP contribution in [0.2, 0.25) is 0 Å². The molecule has 1 atom stereocenters. The SMILES string of the molecule is COC[C@H](C)Nc1nc(-c2[nH]c(C)c(C(C)=O)c2C)cs1. The van der Waals surface area contributed by atoms with E-state index < -0.39 is 0 Å². The molecule has 2 N–H and O–H groups in total. The third kappa shape index (κ3) is 3.33. The maximum absolute atomic E-state index is 11.7. The first-order chi connectivity index (χ1) is 9.93. The van der Waals surface area contributed by atoms with Crippen molar-refractivity contribution in [2.45, 2.75) is 33.7 Å². The molecule has 6 heteroatoms. The molecule has 0 aliphatic rings. The van der Waals surface area contributed by atoms with E-state index in [0.717, 1.165) is 33.3 Å². The van der Waals surface area contributed by atoms with Gasteiger partial charge in [-0.05, 0) is 33.3 Å². The Labute approximate surface area is 128 Å². The van der Waals surface area contributed by atoms with Crippen LogP contribution in [0.3, 0.4) is 0 Å². The van der Waals surface area contributed by atoms with E-state index in [1.807, 2.05) is 26.2 Å². The predicted molar refractivity (Wildman–Crippen MR) is 86.3 cm³/mol. The van der Waals surface area contributed by atoms with Crippen LogP contribution in [0.15, 0.2) is 5.38 Å². The molecule has 114 valence electrons. The maximum atomic E-state index is 11.7. The summed E-state index contributed by atoms with van der Waals surface area (Å²) in [4.78, 5) is 19.6. The first-order valence-electron chi connectivity index (χ1n) is 6.85. The van der Waals surface area contributed by atoms with E-state index >= 15 is 0 Å². The molecule has 2 rings (SSSR count).